The maximum absolute atomic E-state index is 5.93. The van der Waals surface area contributed by atoms with Gasteiger partial charge in [-0.25, -0.2) is 4.98 Å². The van der Waals surface area contributed by atoms with Crippen molar-refractivity contribution in [1.82, 2.24) is 4.98 Å². The minimum absolute atomic E-state index is 0.578. The van der Waals surface area contributed by atoms with Crippen LogP contribution in [0.15, 0.2) is 72.2 Å². The summed E-state index contributed by atoms with van der Waals surface area (Å²) in [5.41, 5.74) is 8.13. The van der Waals surface area contributed by atoms with E-state index < -0.39 is 0 Å². The largest absolute Gasteiger partial charge is 0.457 e. The molecule has 0 amide bonds. The second-order valence-corrected chi connectivity index (χ2v) is 6.08. The summed E-state index contributed by atoms with van der Waals surface area (Å²) in [6.45, 7) is 0. The first kappa shape index (κ1) is 13.8. The number of benzene rings is 2. The van der Waals surface area contributed by atoms with Gasteiger partial charge in [0.15, 0.2) is 0 Å². The number of nitrogens with two attached hydrogens (primary N) is 1. The number of hydrogen-bond acceptors (Lipinski definition) is 4. The summed E-state index contributed by atoms with van der Waals surface area (Å²) < 4.78 is 6.99. The van der Waals surface area contributed by atoms with E-state index in [-0.39, 0.29) is 0 Å². The molecule has 0 bridgehead atoms. The molecular weight excluding hydrogens is 304 g/mol. The van der Waals surface area contributed by atoms with Gasteiger partial charge < -0.3 is 10.5 Å². The number of ether oxygens (including phenoxy) is 1. The molecule has 4 rings (SSSR count). The standard InChI is InChI=1S/C19H14N2OS/c20-19-16-10-11-23-18(16)17(12-21-19)13-6-8-15(9-7-13)22-14-4-2-1-3-5-14/h1-12H,(H2,20,21). The number of rotatable bonds is 3. The van der Waals surface area contributed by atoms with Crippen LogP contribution in [0.5, 0.6) is 11.5 Å². The zero-order valence-corrected chi connectivity index (χ0v) is 13.1. The van der Waals surface area contributed by atoms with Gasteiger partial charge in [-0.2, -0.15) is 0 Å². The van der Waals surface area contributed by atoms with Gasteiger partial charge >= 0.3 is 0 Å². The molecule has 0 spiro atoms. The predicted octanol–water partition coefficient (Wildman–Crippen LogP) is 5.34. The highest BCUT2D eigenvalue weighted by Crippen LogP contribution is 2.35. The molecule has 2 aromatic carbocycles. The molecule has 2 heterocycles. The summed E-state index contributed by atoms with van der Waals surface area (Å²) in [5, 5.41) is 3.05. The molecule has 0 aliphatic heterocycles. The zero-order chi connectivity index (χ0) is 15.6. The van der Waals surface area contributed by atoms with Crippen LogP contribution in [0.4, 0.5) is 5.82 Å². The highest BCUT2D eigenvalue weighted by molar-refractivity contribution is 7.17. The topological polar surface area (TPSA) is 48.1 Å². The third-order valence-corrected chi connectivity index (χ3v) is 4.61. The summed E-state index contributed by atoms with van der Waals surface area (Å²) in [7, 11) is 0. The summed E-state index contributed by atoms with van der Waals surface area (Å²) in [6, 6.07) is 19.8. The van der Waals surface area contributed by atoms with Crippen molar-refractivity contribution in [3.8, 4) is 22.6 Å². The Morgan fingerprint density at radius 2 is 1.61 bits per heavy atom. The molecule has 0 saturated heterocycles. The normalized spacial score (nSPS) is 10.8. The SMILES string of the molecule is Nc1ncc(-c2ccc(Oc3ccccc3)cc2)c2sccc12. The van der Waals surface area contributed by atoms with Gasteiger partial charge in [0.05, 0.1) is 0 Å². The molecule has 0 radical (unpaired) electrons. The van der Waals surface area contributed by atoms with E-state index in [2.05, 4.69) is 4.98 Å². The number of para-hydroxylation sites is 1. The van der Waals surface area contributed by atoms with Crippen LogP contribution >= 0.6 is 11.3 Å². The number of fused-ring (bicyclic) bond motifs is 1. The molecule has 0 unspecified atom stereocenters. The molecule has 0 atom stereocenters. The number of nitrogen functional groups attached to an aromatic ring is 1. The Balaban J connectivity index is 1.67. The van der Waals surface area contributed by atoms with Gasteiger partial charge in [0, 0.05) is 21.8 Å². The van der Waals surface area contributed by atoms with E-state index in [0.29, 0.717) is 5.82 Å². The smallest absolute Gasteiger partial charge is 0.132 e. The second-order valence-electron chi connectivity index (χ2n) is 5.16. The van der Waals surface area contributed by atoms with E-state index in [1.807, 2.05) is 72.2 Å². The fourth-order valence-corrected chi connectivity index (χ4v) is 3.45. The maximum atomic E-state index is 5.93. The van der Waals surface area contributed by atoms with Gasteiger partial charge in [0.2, 0.25) is 0 Å². The predicted molar refractivity (Wildman–Crippen MR) is 96.0 cm³/mol. The Morgan fingerprint density at radius 1 is 0.870 bits per heavy atom. The van der Waals surface area contributed by atoms with Crippen molar-refractivity contribution >= 4 is 27.2 Å². The molecule has 112 valence electrons. The Kier molecular flexibility index (Phi) is 3.44. The molecule has 2 N–H and O–H groups in total. The van der Waals surface area contributed by atoms with Crippen molar-refractivity contribution in [3.05, 3.63) is 72.2 Å². The average molecular weight is 318 g/mol. The number of nitrogens with zero attached hydrogens (tertiary/aromatic N) is 1. The third kappa shape index (κ3) is 2.64. The van der Waals surface area contributed by atoms with Crippen LogP contribution in [0, 0.1) is 0 Å². The first-order valence-corrected chi connectivity index (χ1v) is 8.14. The molecule has 0 saturated carbocycles. The fraction of sp³-hybridized carbons (Fsp3) is 0. The number of thiophene rings is 1. The number of aromatic nitrogens is 1. The van der Waals surface area contributed by atoms with Crippen molar-refractivity contribution in [3.63, 3.8) is 0 Å². The van der Waals surface area contributed by atoms with Crippen LogP contribution in [0.2, 0.25) is 0 Å². The van der Waals surface area contributed by atoms with E-state index in [1.165, 1.54) is 0 Å². The molecule has 4 heteroatoms. The molecule has 0 aliphatic rings. The van der Waals surface area contributed by atoms with E-state index in [0.717, 1.165) is 32.7 Å². The number of pyridine rings is 1. The zero-order valence-electron chi connectivity index (χ0n) is 12.3. The summed E-state index contributed by atoms with van der Waals surface area (Å²) in [5.74, 6) is 2.22. The molecule has 23 heavy (non-hydrogen) atoms. The highest BCUT2D eigenvalue weighted by atomic mass is 32.1. The van der Waals surface area contributed by atoms with Crippen molar-refractivity contribution in [2.75, 3.05) is 5.73 Å². The fourth-order valence-electron chi connectivity index (χ4n) is 2.51. The first-order valence-electron chi connectivity index (χ1n) is 7.26. The van der Waals surface area contributed by atoms with Crippen molar-refractivity contribution in [2.24, 2.45) is 0 Å². The lowest BCUT2D eigenvalue weighted by molar-refractivity contribution is 0.483. The van der Waals surface area contributed by atoms with Crippen molar-refractivity contribution in [2.45, 2.75) is 0 Å². The maximum Gasteiger partial charge on any atom is 0.132 e. The van der Waals surface area contributed by atoms with Crippen LogP contribution in [-0.4, -0.2) is 4.98 Å². The average Bonchev–Trinajstić information content (AvgIpc) is 3.08. The highest BCUT2D eigenvalue weighted by Gasteiger charge is 2.09. The number of hydrogen-bond donors (Lipinski definition) is 1. The van der Waals surface area contributed by atoms with E-state index in [4.69, 9.17) is 10.5 Å². The quantitative estimate of drug-likeness (QED) is 0.555. The van der Waals surface area contributed by atoms with Crippen molar-refractivity contribution < 1.29 is 4.74 Å². The van der Waals surface area contributed by atoms with Gasteiger partial charge in [-0.1, -0.05) is 30.3 Å². The summed E-state index contributed by atoms with van der Waals surface area (Å²) in [4.78, 5) is 4.30. The van der Waals surface area contributed by atoms with Gasteiger partial charge in [0.1, 0.15) is 17.3 Å². The number of anilines is 1. The van der Waals surface area contributed by atoms with Gasteiger partial charge in [-0.3, -0.25) is 0 Å². The lowest BCUT2D eigenvalue weighted by Gasteiger charge is -2.08. The summed E-state index contributed by atoms with van der Waals surface area (Å²) >= 11 is 1.68. The third-order valence-electron chi connectivity index (χ3n) is 3.66. The molecular formula is C19H14N2OS. The van der Waals surface area contributed by atoms with E-state index in [9.17, 15) is 0 Å². The Morgan fingerprint density at radius 3 is 2.39 bits per heavy atom. The molecule has 0 aliphatic carbocycles. The monoisotopic (exact) mass is 318 g/mol. The van der Waals surface area contributed by atoms with Crippen LogP contribution in [-0.2, 0) is 0 Å². The Hall–Kier alpha value is -2.85. The minimum atomic E-state index is 0.578. The van der Waals surface area contributed by atoms with Gasteiger partial charge in [0.25, 0.3) is 0 Å². The van der Waals surface area contributed by atoms with Crippen molar-refractivity contribution in [1.29, 1.82) is 0 Å². The first-order chi connectivity index (χ1) is 11.3. The van der Waals surface area contributed by atoms with Gasteiger partial charge in [-0.15, -0.1) is 11.3 Å². The minimum Gasteiger partial charge on any atom is -0.457 e. The van der Waals surface area contributed by atoms with E-state index >= 15 is 0 Å². The lowest BCUT2D eigenvalue weighted by atomic mass is 10.1. The molecule has 2 aromatic heterocycles. The Labute approximate surface area is 138 Å². The summed E-state index contributed by atoms with van der Waals surface area (Å²) in [6.07, 6.45) is 1.83. The molecule has 0 fully saturated rings. The van der Waals surface area contributed by atoms with Crippen LogP contribution in [0.3, 0.4) is 0 Å². The molecule has 4 aromatic rings. The van der Waals surface area contributed by atoms with Gasteiger partial charge in [-0.05, 0) is 41.3 Å². The van der Waals surface area contributed by atoms with Crippen LogP contribution < -0.4 is 10.5 Å². The molecule has 3 nitrogen and oxygen atoms in total. The lowest BCUT2D eigenvalue weighted by Crippen LogP contribution is -1.91. The van der Waals surface area contributed by atoms with E-state index in [1.54, 1.807) is 11.3 Å². The Bertz CT molecular complexity index is 946. The van der Waals surface area contributed by atoms with Crippen LogP contribution in [0.25, 0.3) is 21.2 Å². The van der Waals surface area contributed by atoms with Crippen LogP contribution in [0.1, 0.15) is 0 Å². The second kappa shape index (κ2) is 5.74.